The van der Waals surface area contributed by atoms with Crippen LogP contribution in [0.25, 0.3) is 0 Å². The van der Waals surface area contributed by atoms with Crippen molar-refractivity contribution in [2.45, 2.75) is 399 Å². The van der Waals surface area contributed by atoms with Gasteiger partial charge < -0.3 is 14.2 Å². The molecule has 1 unspecified atom stereocenters. The molecule has 0 saturated carbocycles. The van der Waals surface area contributed by atoms with Crippen LogP contribution in [0.15, 0.2) is 48.6 Å². The molecule has 474 valence electrons. The normalized spacial score (nSPS) is 12.3. The van der Waals surface area contributed by atoms with E-state index in [4.69, 9.17) is 14.2 Å². The monoisotopic (exact) mass is 1140 g/mol. The van der Waals surface area contributed by atoms with Crippen molar-refractivity contribution in [3.8, 4) is 0 Å². The molecule has 0 aliphatic carbocycles. The van der Waals surface area contributed by atoms with E-state index < -0.39 is 6.10 Å². The quantitative estimate of drug-likeness (QED) is 0.0261. The molecule has 0 bridgehead atoms. The lowest BCUT2D eigenvalue weighted by Crippen LogP contribution is -2.30. The third kappa shape index (κ3) is 68.0. The van der Waals surface area contributed by atoms with Crippen molar-refractivity contribution in [2.75, 3.05) is 13.2 Å². The summed E-state index contributed by atoms with van der Waals surface area (Å²) in [5, 5.41) is 0. The predicted octanol–water partition coefficient (Wildman–Crippen LogP) is 24.9. The Labute approximate surface area is 505 Å². The summed E-state index contributed by atoms with van der Waals surface area (Å²) in [5.41, 5.74) is 0. The maximum absolute atomic E-state index is 12.9. The van der Waals surface area contributed by atoms with E-state index in [1.54, 1.807) is 0 Å². The molecule has 0 heterocycles. The molecule has 0 N–H and O–H groups in total. The molecule has 6 nitrogen and oxygen atoms in total. The summed E-state index contributed by atoms with van der Waals surface area (Å²) >= 11 is 0. The minimum absolute atomic E-state index is 0.0793. The van der Waals surface area contributed by atoms with E-state index in [1.807, 2.05) is 0 Å². The van der Waals surface area contributed by atoms with E-state index in [-0.39, 0.29) is 31.1 Å². The van der Waals surface area contributed by atoms with Gasteiger partial charge in [0.05, 0.1) is 0 Å². The van der Waals surface area contributed by atoms with Crippen LogP contribution in [0.2, 0.25) is 0 Å². The number of hydrogen-bond acceptors (Lipinski definition) is 6. The second-order valence-electron chi connectivity index (χ2n) is 24.5. The van der Waals surface area contributed by atoms with Crippen molar-refractivity contribution >= 4 is 17.9 Å². The van der Waals surface area contributed by atoms with Crippen molar-refractivity contribution in [3.63, 3.8) is 0 Å². The van der Waals surface area contributed by atoms with Crippen molar-refractivity contribution in [1.29, 1.82) is 0 Å². The Morgan fingerprint density at radius 2 is 0.481 bits per heavy atom. The van der Waals surface area contributed by atoms with Crippen LogP contribution in [0.4, 0.5) is 0 Å². The minimum Gasteiger partial charge on any atom is -0.462 e. The second kappa shape index (κ2) is 69.9. The van der Waals surface area contributed by atoms with Gasteiger partial charge in [-0.05, 0) is 77.0 Å². The Balaban J connectivity index is 4.08. The SMILES string of the molecule is CC/C=C\C/C=C\C/C=C\CCCCCCCC(=O)OC(COC(=O)CCCCCCC/C=C\CCCCCCC)COC(=O)CCCCCCCCCCCCCCCCCCCCCCCCCCCCCCCCCCCC. The number of hydrogen-bond donors (Lipinski definition) is 0. The van der Waals surface area contributed by atoms with Gasteiger partial charge in [0.1, 0.15) is 13.2 Å². The number of carbonyl (C=O) groups is 3. The maximum atomic E-state index is 12.9. The topological polar surface area (TPSA) is 78.9 Å². The summed E-state index contributed by atoms with van der Waals surface area (Å²) in [6.07, 6.45) is 88.9. The van der Waals surface area contributed by atoms with Gasteiger partial charge >= 0.3 is 17.9 Å². The molecule has 0 aliphatic rings. The van der Waals surface area contributed by atoms with Crippen LogP contribution in [0.5, 0.6) is 0 Å². The Morgan fingerprint density at radius 3 is 0.765 bits per heavy atom. The number of ether oxygens (including phenoxy) is 3. The Bertz CT molecular complexity index is 1400. The molecule has 6 heteroatoms. The highest BCUT2D eigenvalue weighted by Gasteiger charge is 2.19. The van der Waals surface area contributed by atoms with Crippen LogP contribution >= 0.6 is 0 Å². The van der Waals surface area contributed by atoms with Crippen molar-refractivity contribution < 1.29 is 28.6 Å². The first-order valence-corrected chi connectivity index (χ1v) is 36.1. The van der Waals surface area contributed by atoms with E-state index in [0.717, 1.165) is 103 Å². The molecule has 0 amide bonds. The van der Waals surface area contributed by atoms with Gasteiger partial charge in [-0.3, -0.25) is 14.4 Å². The van der Waals surface area contributed by atoms with Crippen LogP contribution in [0, 0.1) is 0 Å². The fourth-order valence-electron chi connectivity index (χ4n) is 10.9. The lowest BCUT2D eigenvalue weighted by Gasteiger charge is -2.18. The Hall–Kier alpha value is -2.63. The molecule has 81 heavy (non-hydrogen) atoms. The molecular weight excluding hydrogens is 997 g/mol. The zero-order valence-electron chi connectivity index (χ0n) is 54.6. The van der Waals surface area contributed by atoms with E-state index in [0.29, 0.717) is 19.3 Å². The molecule has 0 aromatic rings. The van der Waals surface area contributed by atoms with Gasteiger partial charge in [0.15, 0.2) is 6.10 Å². The standard InChI is InChI=1S/C75H138O6/c1-4-7-10-13-16-19-22-25-28-29-30-31-32-33-34-35-36-37-38-39-40-41-42-43-44-45-46-48-50-53-56-59-62-65-68-74(77)80-71-72(70-79-73(76)67-64-61-58-55-52-49-27-24-21-18-15-12-9-6-3)81-75(78)69-66-63-60-57-54-51-47-26-23-20-17-14-11-8-5-2/h8,11,17,20,24,26-27,47,72H,4-7,9-10,12-16,18-19,21-23,25,28-46,48-71H2,1-3H3/b11-8-,20-17-,27-24-,47-26-. The van der Waals surface area contributed by atoms with Crippen LogP contribution in [-0.2, 0) is 28.6 Å². The highest BCUT2D eigenvalue weighted by atomic mass is 16.6. The molecule has 0 aliphatic heterocycles. The van der Waals surface area contributed by atoms with Crippen LogP contribution in [0.1, 0.15) is 393 Å². The van der Waals surface area contributed by atoms with Crippen molar-refractivity contribution in [1.82, 2.24) is 0 Å². The van der Waals surface area contributed by atoms with Gasteiger partial charge in [-0.25, -0.2) is 0 Å². The van der Waals surface area contributed by atoms with Gasteiger partial charge in [-0.15, -0.1) is 0 Å². The highest BCUT2D eigenvalue weighted by Crippen LogP contribution is 2.19. The highest BCUT2D eigenvalue weighted by molar-refractivity contribution is 5.71. The number of allylic oxidation sites excluding steroid dienone is 8. The third-order valence-corrected chi connectivity index (χ3v) is 16.3. The van der Waals surface area contributed by atoms with Gasteiger partial charge in [-0.2, -0.15) is 0 Å². The summed E-state index contributed by atoms with van der Waals surface area (Å²) in [4.78, 5) is 38.3. The second-order valence-corrected chi connectivity index (χ2v) is 24.5. The van der Waals surface area contributed by atoms with Crippen LogP contribution in [-0.4, -0.2) is 37.2 Å². The number of unbranched alkanes of at least 4 members (excludes halogenated alkanes) is 48. The molecule has 0 aromatic heterocycles. The van der Waals surface area contributed by atoms with Crippen LogP contribution in [0.3, 0.4) is 0 Å². The molecule has 0 fully saturated rings. The van der Waals surface area contributed by atoms with Crippen molar-refractivity contribution in [2.24, 2.45) is 0 Å². The first kappa shape index (κ1) is 78.4. The summed E-state index contributed by atoms with van der Waals surface area (Å²) in [7, 11) is 0. The summed E-state index contributed by atoms with van der Waals surface area (Å²) in [5.74, 6) is -0.883. The van der Waals surface area contributed by atoms with Crippen molar-refractivity contribution in [3.05, 3.63) is 48.6 Å². The largest absolute Gasteiger partial charge is 0.462 e. The predicted molar refractivity (Wildman–Crippen MR) is 353 cm³/mol. The molecule has 1 atom stereocenters. The molecule has 0 radical (unpaired) electrons. The summed E-state index contributed by atoms with van der Waals surface area (Å²) in [6, 6.07) is 0. The molecule has 0 aromatic carbocycles. The molecule has 0 spiro atoms. The third-order valence-electron chi connectivity index (χ3n) is 16.3. The maximum Gasteiger partial charge on any atom is 0.306 e. The number of esters is 3. The Morgan fingerprint density at radius 1 is 0.259 bits per heavy atom. The average molecular weight is 1140 g/mol. The number of carbonyl (C=O) groups excluding carboxylic acids is 3. The fraction of sp³-hybridized carbons (Fsp3) is 0.853. The smallest absolute Gasteiger partial charge is 0.306 e. The summed E-state index contributed by atoms with van der Waals surface area (Å²) < 4.78 is 16.9. The first-order chi connectivity index (χ1) is 40.0. The van der Waals surface area contributed by atoms with Gasteiger partial charge in [0, 0.05) is 19.3 Å². The molecular formula is C75H138O6. The lowest BCUT2D eigenvalue weighted by atomic mass is 10.0. The van der Waals surface area contributed by atoms with Gasteiger partial charge in [0.2, 0.25) is 0 Å². The number of rotatable bonds is 67. The van der Waals surface area contributed by atoms with E-state index in [1.165, 1.54) is 250 Å². The minimum atomic E-state index is -0.785. The molecule has 0 rings (SSSR count). The Kier molecular flexibility index (Phi) is 67.6. The van der Waals surface area contributed by atoms with E-state index in [2.05, 4.69) is 69.4 Å². The van der Waals surface area contributed by atoms with Gasteiger partial charge in [0.25, 0.3) is 0 Å². The van der Waals surface area contributed by atoms with Crippen LogP contribution < -0.4 is 0 Å². The lowest BCUT2D eigenvalue weighted by molar-refractivity contribution is -0.167. The zero-order chi connectivity index (χ0) is 58.5. The van der Waals surface area contributed by atoms with E-state index in [9.17, 15) is 14.4 Å². The average Bonchev–Trinajstić information content (AvgIpc) is 3.47. The zero-order valence-corrected chi connectivity index (χ0v) is 54.6. The van der Waals surface area contributed by atoms with E-state index >= 15 is 0 Å². The fourth-order valence-corrected chi connectivity index (χ4v) is 10.9. The van der Waals surface area contributed by atoms with Gasteiger partial charge in [-0.1, -0.05) is 345 Å². The molecule has 0 saturated heterocycles. The first-order valence-electron chi connectivity index (χ1n) is 36.1. The summed E-state index contributed by atoms with van der Waals surface area (Å²) in [6.45, 7) is 6.56.